The Balaban J connectivity index is 1.53. The van der Waals surface area contributed by atoms with Crippen molar-refractivity contribution >= 4 is 15.8 Å². The Morgan fingerprint density at radius 2 is 2.18 bits per heavy atom. The van der Waals surface area contributed by atoms with Gasteiger partial charge in [-0.25, -0.2) is 12.8 Å². The molecule has 1 aromatic carbocycles. The highest BCUT2D eigenvalue weighted by atomic mass is 32.2. The van der Waals surface area contributed by atoms with Gasteiger partial charge in [-0.1, -0.05) is 6.07 Å². The van der Waals surface area contributed by atoms with Gasteiger partial charge in [0, 0.05) is 39.0 Å². The van der Waals surface area contributed by atoms with Gasteiger partial charge in [-0.3, -0.25) is 9.89 Å². The van der Waals surface area contributed by atoms with Crippen LogP contribution in [0.1, 0.15) is 24.0 Å². The minimum atomic E-state index is -3.21. The van der Waals surface area contributed by atoms with E-state index in [0.29, 0.717) is 29.7 Å². The van der Waals surface area contributed by atoms with Crippen LogP contribution in [0.25, 0.3) is 0 Å². The number of rotatable bonds is 6. The zero-order valence-electron chi connectivity index (χ0n) is 16.4. The molecule has 2 fully saturated rings. The Kier molecular flexibility index (Phi) is 6.90. The summed E-state index contributed by atoms with van der Waals surface area (Å²) in [7, 11) is -1.54. The highest BCUT2D eigenvalue weighted by Crippen LogP contribution is 2.22. The summed E-state index contributed by atoms with van der Waals surface area (Å²) < 4.78 is 42.8. The molecule has 2 saturated heterocycles. The van der Waals surface area contributed by atoms with Crippen LogP contribution in [-0.2, 0) is 26.9 Å². The van der Waals surface area contributed by atoms with E-state index in [9.17, 15) is 12.8 Å². The second-order valence-corrected chi connectivity index (χ2v) is 9.68. The van der Waals surface area contributed by atoms with E-state index in [1.807, 2.05) is 0 Å². The normalized spacial score (nSPS) is 23.5. The molecule has 0 radical (unpaired) electrons. The van der Waals surface area contributed by atoms with E-state index >= 15 is 0 Å². The molecule has 0 aromatic heterocycles. The molecular formula is C19H29FN4O3S. The summed E-state index contributed by atoms with van der Waals surface area (Å²) in [5.74, 6) is 0.0537. The Morgan fingerprint density at radius 1 is 1.36 bits per heavy atom. The van der Waals surface area contributed by atoms with Crippen LogP contribution >= 0.6 is 0 Å². The Morgan fingerprint density at radius 3 is 2.93 bits per heavy atom. The van der Waals surface area contributed by atoms with Crippen LogP contribution in [0.3, 0.4) is 0 Å². The summed E-state index contributed by atoms with van der Waals surface area (Å²) in [5.41, 5.74) is 1.18. The molecule has 0 saturated carbocycles. The first-order valence-corrected chi connectivity index (χ1v) is 11.7. The van der Waals surface area contributed by atoms with Gasteiger partial charge in [0.2, 0.25) is 0 Å². The Labute approximate surface area is 166 Å². The zero-order valence-corrected chi connectivity index (χ0v) is 17.3. The van der Waals surface area contributed by atoms with Crippen LogP contribution < -0.4 is 10.6 Å². The minimum Gasteiger partial charge on any atom is -0.373 e. The number of hydrogen-bond donors (Lipinski definition) is 2. The summed E-state index contributed by atoms with van der Waals surface area (Å²) in [6.45, 7) is 3.73. The zero-order chi connectivity index (χ0) is 20.1. The maximum atomic E-state index is 13.6. The third-order valence-corrected chi connectivity index (χ3v) is 6.05. The summed E-state index contributed by atoms with van der Waals surface area (Å²) in [4.78, 5) is 6.68. The first kappa shape index (κ1) is 21.0. The first-order chi connectivity index (χ1) is 13.3. The molecule has 3 rings (SSSR count). The van der Waals surface area contributed by atoms with Crippen molar-refractivity contribution in [3.63, 3.8) is 0 Å². The number of ether oxygens (including phenoxy) is 1. The monoisotopic (exact) mass is 412 g/mol. The topological polar surface area (TPSA) is 83.0 Å². The van der Waals surface area contributed by atoms with Crippen molar-refractivity contribution in [2.75, 3.05) is 39.5 Å². The van der Waals surface area contributed by atoms with Gasteiger partial charge in [-0.2, -0.15) is 0 Å². The average Bonchev–Trinajstić information content (AvgIpc) is 3.10. The fourth-order valence-electron chi connectivity index (χ4n) is 3.80. The lowest BCUT2D eigenvalue weighted by Gasteiger charge is -2.35. The number of morpholine rings is 1. The number of fused-ring (bicyclic) bond motifs is 1. The number of nitrogens with zero attached hydrogens (tertiary/aromatic N) is 2. The minimum absolute atomic E-state index is 0.0999. The van der Waals surface area contributed by atoms with E-state index in [1.165, 1.54) is 37.3 Å². The smallest absolute Gasteiger partial charge is 0.191 e. The van der Waals surface area contributed by atoms with Gasteiger partial charge >= 0.3 is 0 Å². The Bertz CT molecular complexity index is 815. The molecule has 7 nitrogen and oxygen atoms in total. The molecule has 0 bridgehead atoms. The average molecular weight is 413 g/mol. The number of sulfone groups is 1. The highest BCUT2D eigenvalue weighted by molar-refractivity contribution is 7.89. The lowest BCUT2D eigenvalue weighted by Crippen LogP contribution is -2.51. The number of aliphatic imine (C=N–C) groups is 1. The molecule has 2 aliphatic heterocycles. The van der Waals surface area contributed by atoms with Crippen LogP contribution in [0.15, 0.2) is 23.2 Å². The molecule has 0 aliphatic carbocycles. The van der Waals surface area contributed by atoms with Crippen LogP contribution in [-0.4, -0.2) is 71.0 Å². The van der Waals surface area contributed by atoms with E-state index in [2.05, 4.69) is 20.5 Å². The SMILES string of the molecule is CN=C(NCc1cc(F)ccc1CS(C)(=O)=O)NCC1CN2CCCC2CO1. The summed E-state index contributed by atoms with van der Waals surface area (Å²) in [6.07, 6.45) is 3.72. The van der Waals surface area contributed by atoms with Crippen molar-refractivity contribution in [2.45, 2.75) is 37.3 Å². The lowest BCUT2D eigenvalue weighted by atomic mass is 10.1. The third-order valence-electron chi connectivity index (χ3n) is 5.21. The Hall–Kier alpha value is -1.71. The third kappa shape index (κ3) is 5.89. The predicted octanol–water partition coefficient (Wildman–Crippen LogP) is 0.899. The van der Waals surface area contributed by atoms with Crippen molar-refractivity contribution in [3.05, 3.63) is 35.1 Å². The molecule has 9 heteroatoms. The molecule has 2 aliphatic rings. The van der Waals surface area contributed by atoms with E-state index in [-0.39, 0.29) is 18.4 Å². The van der Waals surface area contributed by atoms with Crippen LogP contribution in [0.5, 0.6) is 0 Å². The standard InChI is InChI=1S/C19H29FN4O3S/c1-21-19(23-10-18-11-24-7-3-4-17(24)12-27-18)22-9-15-8-16(20)6-5-14(15)13-28(2,25)26/h5-6,8,17-18H,3-4,7,9-13H2,1-2H3,(H2,21,22,23). The summed E-state index contributed by atoms with van der Waals surface area (Å²) in [5, 5.41) is 6.38. The summed E-state index contributed by atoms with van der Waals surface area (Å²) >= 11 is 0. The van der Waals surface area contributed by atoms with Crippen molar-refractivity contribution < 1.29 is 17.5 Å². The largest absolute Gasteiger partial charge is 0.373 e. The second kappa shape index (κ2) is 9.19. The van der Waals surface area contributed by atoms with Gasteiger partial charge in [-0.15, -0.1) is 0 Å². The fourth-order valence-corrected chi connectivity index (χ4v) is 4.65. The van der Waals surface area contributed by atoms with E-state index in [1.54, 1.807) is 7.05 Å². The van der Waals surface area contributed by atoms with Gasteiger partial charge in [0.1, 0.15) is 5.82 Å². The lowest BCUT2D eigenvalue weighted by molar-refractivity contribution is -0.0453. The molecular weight excluding hydrogens is 383 g/mol. The van der Waals surface area contributed by atoms with Crippen molar-refractivity contribution in [1.29, 1.82) is 0 Å². The predicted molar refractivity (Wildman–Crippen MR) is 107 cm³/mol. The molecule has 2 N–H and O–H groups in total. The number of halogens is 1. The van der Waals surface area contributed by atoms with Gasteiger partial charge in [0.15, 0.2) is 15.8 Å². The van der Waals surface area contributed by atoms with E-state index < -0.39 is 15.7 Å². The molecule has 2 unspecified atom stereocenters. The van der Waals surface area contributed by atoms with Crippen LogP contribution in [0.2, 0.25) is 0 Å². The first-order valence-electron chi connectivity index (χ1n) is 9.59. The van der Waals surface area contributed by atoms with Gasteiger partial charge in [0.05, 0.1) is 18.5 Å². The van der Waals surface area contributed by atoms with Crippen molar-refractivity contribution in [1.82, 2.24) is 15.5 Å². The van der Waals surface area contributed by atoms with Gasteiger partial charge in [0.25, 0.3) is 0 Å². The summed E-state index contributed by atoms with van der Waals surface area (Å²) in [6, 6.07) is 4.73. The molecule has 0 amide bonds. The molecule has 156 valence electrons. The quantitative estimate of drug-likeness (QED) is 0.534. The molecule has 0 spiro atoms. The molecule has 2 atom stereocenters. The number of hydrogen-bond acceptors (Lipinski definition) is 5. The second-order valence-electron chi connectivity index (χ2n) is 7.54. The van der Waals surface area contributed by atoms with Gasteiger partial charge in [-0.05, 0) is 42.6 Å². The molecule has 28 heavy (non-hydrogen) atoms. The van der Waals surface area contributed by atoms with Crippen LogP contribution in [0, 0.1) is 5.82 Å². The molecule has 1 aromatic rings. The number of guanidine groups is 1. The number of benzene rings is 1. The maximum absolute atomic E-state index is 13.6. The maximum Gasteiger partial charge on any atom is 0.191 e. The van der Waals surface area contributed by atoms with E-state index in [0.717, 1.165) is 19.7 Å². The number of nitrogens with one attached hydrogen (secondary N) is 2. The van der Waals surface area contributed by atoms with Gasteiger partial charge < -0.3 is 15.4 Å². The fraction of sp³-hybridized carbons (Fsp3) is 0.632. The highest BCUT2D eigenvalue weighted by Gasteiger charge is 2.32. The molecule has 2 heterocycles. The van der Waals surface area contributed by atoms with Crippen molar-refractivity contribution in [3.8, 4) is 0 Å². The van der Waals surface area contributed by atoms with E-state index in [4.69, 9.17) is 4.74 Å². The van der Waals surface area contributed by atoms with Crippen LogP contribution in [0.4, 0.5) is 4.39 Å². The van der Waals surface area contributed by atoms with Crippen molar-refractivity contribution in [2.24, 2.45) is 4.99 Å².